The molecule has 0 saturated heterocycles. The minimum atomic E-state index is -0.193. The van der Waals surface area contributed by atoms with Gasteiger partial charge in [0.1, 0.15) is 0 Å². The Balaban J connectivity index is 1.68. The molecule has 0 heterocycles. The van der Waals surface area contributed by atoms with E-state index in [1.807, 2.05) is 68.4 Å². The summed E-state index contributed by atoms with van der Waals surface area (Å²) in [6.07, 6.45) is 0. The van der Waals surface area contributed by atoms with Crippen LogP contribution in [0.5, 0.6) is 0 Å². The average Bonchev–Trinajstić information content (AvgIpc) is 2.72. The first-order valence-electron chi connectivity index (χ1n) is 9.38. The van der Waals surface area contributed by atoms with Gasteiger partial charge < -0.3 is 10.2 Å². The second-order valence-electron chi connectivity index (χ2n) is 6.71. The van der Waals surface area contributed by atoms with Crippen molar-refractivity contribution in [2.75, 3.05) is 11.9 Å². The molecule has 2 amide bonds. The molecule has 0 aliphatic heterocycles. The van der Waals surface area contributed by atoms with Gasteiger partial charge in [0.2, 0.25) is 0 Å². The molecule has 0 aliphatic rings. The van der Waals surface area contributed by atoms with Crippen LogP contribution in [0.25, 0.3) is 0 Å². The number of hydrogen-bond donors (Lipinski definition) is 1. The number of rotatable bonds is 6. The zero-order valence-electron chi connectivity index (χ0n) is 16.2. The largest absolute Gasteiger partial charge is 0.335 e. The first kappa shape index (κ1) is 19.4. The molecule has 0 unspecified atom stereocenters. The van der Waals surface area contributed by atoms with E-state index in [4.69, 9.17) is 0 Å². The van der Waals surface area contributed by atoms with Crippen molar-refractivity contribution in [3.63, 3.8) is 0 Å². The van der Waals surface area contributed by atoms with Gasteiger partial charge in [-0.25, -0.2) is 0 Å². The van der Waals surface area contributed by atoms with Crippen LogP contribution in [0.2, 0.25) is 0 Å². The van der Waals surface area contributed by atoms with Crippen LogP contribution in [0, 0.1) is 6.92 Å². The van der Waals surface area contributed by atoms with E-state index in [2.05, 4.69) is 5.32 Å². The third-order valence-electron chi connectivity index (χ3n) is 4.56. The lowest BCUT2D eigenvalue weighted by Crippen LogP contribution is -2.30. The normalized spacial score (nSPS) is 10.4. The van der Waals surface area contributed by atoms with Crippen molar-refractivity contribution in [1.82, 2.24) is 4.90 Å². The molecule has 0 aliphatic carbocycles. The summed E-state index contributed by atoms with van der Waals surface area (Å²) in [5.41, 5.74) is 4.02. The molecule has 0 atom stereocenters. The first-order chi connectivity index (χ1) is 13.6. The number of nitrogens with one attached hydrogen (secondary N) is 1. The number of aryl methyl sites for hydroxylation is 1. The Morgan fingerprint density at radius 2 is 1.54 bits per heavy atom. The highest BCUT2D eigenvalue weighted by atomic mass is 16.2. The fourth-order valence-electron chi connectivity index (χ4n) is 3.00. The number of benzene rings is 3. The van der Waals surface area contributed by atoms with Gasteiger partial charge in [0, 0.05) is 29.9 Å². The standard InChI is InChI=1S/C24H24N2O2/c1-3-26(17-19-9-5-4-6-10-19)24(28)21-14-12-20(13-15-21)23(27)25-22-11-7-8-18(2)16-22/h4-16H,3,17H2,1-2H3,(H,25,27). The van der Waals surface area contributed by atoms with Gasteiger partial charge in [-0.2, -0.15) is 0 Å². The summed E-state index contributed by atoms with van der Waals surface area (Å²) in [5.74, 6) is -0.238. The highest BCUT2D eigenvalue weighted by Crippen LogP contribution is 2.14. The predicted molar refractivity (Wildman–Crippen MR) is 112 cm³/mol. The molecule has 3 aromatic carbocycles. The summed E-state index contributed by atoms with van der Waals surface area (Å²) in [7, 11) is 0. The zero-order valence-corrected chi connectivity index (χ0v) is 16.2. The molecule has 0 radical (unpaired) electrons. The van der Waals surface area contributed by atoms with Crippen LogP contribution in [0.3, 0.4) is 0 Å². The maximum atomic E-state index is 12.8. The highest BCUT2D eigenvalue weighted by molar-refractivity contribution is 6.05. The van der Waals surface area contributed by atoms with Crippen LogP contribution in [0.1, 0.15) is 38.8 Å². The van der Waals surface area contributed by atoms with Crippen LogP contribution < -0.4 is 5.32 Å². The summed E-state index contributed by atoms with van der Waals surface area (Å²) >= 11 is 0. The molecule has 4 heteroatoms. The lowest BCUT2D eigenvalue weighted by Gasteiger charge is -2.21. The summed E-state index contributed by atoms with van der Waals surface area (Å²) in [6.45, 7) is 5.12. The lowest BCUT2D eigenvalue weighted by atomic mass is 10.1. The van der Waals surface area contributed by atoms with Gasteiger partial charge in [-0.15, -0.1) is 0 Å². The van der Waals surface area contributed by atoms with Gasteiger partial charge >= 0.3 is 0 Å². The summed E-state index contributed by atoms with van der Waals surface area (Å²) in [6, 6.07) is 24.4. The third kappa shape index (κ3) is 4.86. The molecule has 0 saturated carbocycles. The molecule has 0 aromatic heterocycles. The maximum absolute atomic E-state index is 12.8. The minimum absolute atomic E-state index is 0.0444. The summed E-state index contributed by atoms with van der Waals surface area (Å²) in [5, 5.41) is 2.88. The number of carbonyl (C=O) groups is 2. The van der Waals surface area contributed by atoms with Crippen molar-refractivity contribution in [2.45, 2.75) is 20.4 Å². The van der Waals surface area contributed by atoms with Gasteiger partial charge in [0.25, 0.3) is 11.8 Å². The van der Waals surface area contributed by atoms with E-state index < -0.39 is 0 Å². The van der Waals surface area contributed by atoms with Crippen molar-refractivity contribution >= 4 is 17.5 Å². The highest BCUT2D eigenvalue weighted by Gasteiger charge is 2.15. The topological polar surface area (TPSA) is 49.4 Å². The van der Waals surface area contributed by atoms with Gasteiger partial charge in [-0.05, 0) is 61.4 Å². The Bertz CT molecular complexity index is 950. The fraction of sp³-hybridized carbons (Fsp3) is 0.167. The van der Waals surface area contributed by atoms with Crippen molar-refractivity contribution in [3.05, 3.63) is 101 Å². The van der Waals surface area contributed by atoms with E-state index in [1.54, 1.807) is 29.2 Å². The maximum Gasteiger partial charge on any atom is 0.255 e. The Morgan fingerprint density at radius 1 is 0.857 bits per heavy atom. The van der Waals surface area contributed by atoms with E-state index in [0.717, 1.165) is 16.8 Å². The molecular weight excluding hydrogens is 348 g/mol. The molecular formula is C24H24N2O2. The molecule has 0 spiro atoms. The lowest BCUT2D eigenvalue weighted by molar-refractivity contribution is 0.0752. The van der Waals surface area contributed by atoms with Gasteiger partial charge in [0.15, 0.2) is 0 Å². The van der Waals surface area contributed by atoms with E-state index in [0.29, 0.717) is 24.2 Å². The van der Waals surface area contributed by atoms with Gasteiger partial charge in [-0.1, -0.05) is 42.5 Å². The Morgan fingerprint density at radius 3 is 2.18 bits per heavy atom. The van der Waals surface area contributed by atoms with E-state index in [9.17, 15) is 9.59 Å². The monoisotopic (exact) mass is 372 g/mol. The van der Waals surface area contributed by atoms with Crippen molar-refractivity contribution in [1.29, 1.82) is 0 Å². The number of anilines is 1. The predicted octanol–water partition coefficient (Wildman–Crippen LogP) is 4.91. The molecule has 3 rings (SSSR count). The first-order valence-corrected chi connectivity index (χ1v) is 9.38. The average molecular weight is 372 g/mol. The number of hydrogen-bond acceptors (Lipinski definition) is 2. The molecule has 142 valence electrons. The smallest absolute Gasteiger partial charge is 0.255 e. The van der Waals surface area contributed by atoms with Crippen LogP contribution in [0.15, 0.2) is 78.9 Å². The number of amides is 2. The van der Waals surface area contributed by atoms with E-state index >= 15 is 0 Å². The van der Waals surface area contributed by atoms with Crippen LogP contribution in [-0.4, -0.2) is 23.3 Å². The fourth-order valence-corrected chi connectivity index (χ4v) is 3.00. The van der Waals surface area contributed by atoms with Crippen molar-refractivity contribution in [2.24, 2.45) is 0 Å². The SMILES string of the molecule is CCN(Cc1ccccc1)C(=O)c1ccc(C(=O)Nc2cccc(C)c2)cc1. The molecule has 0 fully saturated rings. The molecule has 4 nitrogen and oxygen atoms in total. The van der Waals surface area contributed by atoms with Gasteiger partial charge in [0.05, 0.1) is 0 Å². The third-order valence-corrected chi connectivity index (χ3v) is 4.56. The van der Waals surface area contributed by atoms with E-state index in [-0.39, 0.29) is 11.8 Å². The van der Waals surface area contributed by atoms with Crippen LogP contribution in [0.4, 0.5) is 5.69 Å². The van der Waals surface area contributed by atoms with Crippen molar-refractivity contribution in [3.8, 4) is 0 Å². The number of carbonyl (C=O) groups excluding carboxylic acids is 2. The second kappa shape index (κ2) is 9.00. The molecule has 28 heavy (non-hydrogen) atoms. The second-order valence-corrected chi connectivity index (χ2v) is 6.71. The van der Waals surface area contributed by atoms with Crippen molar-refractivity contribution < 1.29 is 9.59 Å². The Kier molecular flexibility index (Phi) is 6.22. The minimum Gasteiger partial charge on any atom is -0.335 e. The summed E-state index contributed by atoms with van der Waals surface area (Å²) < 4.78 is 0. The zero-order chi connectivity index (χ0) is 19.9. The molecule has 0 bridgehead atoms. The molecule has 3 aromatic rings. The van der Waals surface area contributed by atoms with Crippen LogP contribution >= 0.6 is 0 Å². The summed E-state index contributed by atoms with van der Waals surface area (Å²) in [4.78, 5) is 27.0. The number of nitrogens with zero attached hydrogens (tertiary/aromatic N) is 1. The molecule has 1 N–H and O–H groups in total. The van der Waals surface area contributed by atoms with E-state index in [1.165, 1.54) is 0 Å². The van der Waals surface area contributed by atoms with Gasteiger partial charge in [-0.3, -0.25) is 9.59 Å². The Labute approximate surface area is 165 Å². The van der Waals surface area contributed by atoms with Crippen LogP contribution in [-0.2, 0) is 6.54 Å². The quantitative estimate of drug-likeness (QED) is 0.668. The Hall–Kier alpha value is -3.40.